The van der Waals surface area contributed by atoms with Crippen molar-refractivity contribution >= 4 is 0 Å². The van der Waals surface area contributed by atoms with Gasteiger partial charge in [0, 0.05) is 19.5 Å². The van der Waals surface area contributed by atoms with Crippen LogP contribution in [0.15, 0.2) is 24.3 Å². The highest BCUT2D eigenvalue weighted by atomic mass is 16.5. The van der Waals surface area contributed by atoms with E-state index in [1.54, 1.807) is 0 Å². The number of aliphatic hydroxyl groups excluding tert-OH is 1. The van der Waals surface area contributed by atoms with Gasteiger partial charge in [0.15, 0.2) is 0 Å². The van der Waals surface area contributed by atoms with Crippen LogP contribution in [0.1, 0.15) is 31.4 Å². The second kappa shape index (κ2) is 7.77. The van der Waals surface area contributed by atoms with Crippen molar-refractivity contribution in [1.82, 2.24) is 4.90 Å². The predicted octanol–water partition coefficient (Wildman–Crippen LogP) is 2.26. The van der Waals surface area contributed by atoms with Gasteiger partial charge >= 0.3 is 0 Å². The van der Waals surface area contributed by atoms with Gasteiger partial charge in [0.25, 0.3) is 0 Å². The van der Waals surface area contributed by atoms with Gasteiger partial charge < -0.3 is 9.84 Å². The molecule has 1 fully saturated rings. The molecule has 1 aliphatic rings. The molecule has 2 rings (SSSR count). The van der Waals surface area contributed by atoms with Gasteiger partial charge in [-0.1, -0.05) is 38.1 Å². The number of benzene rings is 1. The molecule has 20 heavy (non-hydrogen) atoms. The summed E-state index contributed by atoms with van der Waals surface area (Å²) in [4.78, 5) is 2.39. The third kappa shape index (κ3) is 4.30. The van der Waals surface area contributed by atoms with E-state index in [0.29, 0.717) is 6.42 Å². The number of rotatable bonds is 6. The second-order valence-corrected chi connectivity index (χ2v) is 5.65. The summed E-state index contributed by atoms with van der Waals surface area (Å²) in [5.41, 5.74) is 2.53. The Morgan fingerprint density at radius 3 is 2.60 bits per heavy atom. The fraction of sp³-hybridized carbons (Fsp3) is 0.647. The van der Waals surface area contributed by atoms with Crippen molar-refractivity contribution in [3.8, 4) is 0 Å². The van der Waals surface area contributed by atoms with Gasteiger partial charge in [0.1, 0.15) is 0 Å². The van der Waals surface area contributed by atoms with Crippen molar-refractivity contribution in [3.05, 3.63) is 35.4 Å². The Kier molecular flexibility index (Phi) is 6.02. The van der Waals surface area contributed by atoms with Crippen molar-refractivity contribution in [2.24, 2.45) is 0 Å². The van der Waals surface area contributed by atoms with Crippen molar-refractivity contribution in [2.75, 3.05) is 26.2 Å². The Labute approximate surface area is 122 Å². The average molecular weight is 277 g/mol. The number of hydrogen-bond acceptors (Lipinski definition) is 3. The molecule has 2 unspecified atom stereocenters. The molecular formula is C17H27NO2. The largest absolute Gasteiger partial charge is 0.390 e. The van der Waals surface area contributed by atoms with Crippen LogP contribution in [0, 0.1) is 0 Å². The molecule has 1 heterocycles. The van der Waals surface area contributed by atoms with E-state index in [2.05, 4.69) is 43.0 Å². The molecule has 1 N–H and O–H groups in total. The quantitative estimate of drug-likeness (QED) is 0.866. The molecule has 0 bridgehead atoms. The number of nitrogens with zero attached hydrogens (tertiary/aromatic N) is 1. The van der Waals surface area contributed by atoms with E-state index in [1.165, 1.54) is 11.1 Å². The smallest absolute Gasteiger partial charge is 0.0964 e. The standard InChI is InChI=1S/C17H27NO2/c1-3-9-18-10-11-20-17(13-18)16(19)12-15-7-5-14(4-2)6-8-15/h5-8,16-17,19H,3-4,9-13H2,1-2H3. The van der Waals surface area contributed by atoms with Gasteiger partial charge in [-0.2, -0.15) is 0 Å². The lowest BCUT2D eigenvalue weighted by atomic mass is 10.0. The molecule has 2 atom stereocenters. The molecule has 0 aliphatic carbocycles. The molecule has 1 aromatic carbocycles. The molecule has 1 saturated heterocycles. The average Bonchev–Trinajstić information content (AvgIpc) is 2.48. The summed E-state index contributed by atoms with van der Waals surface area (Å²) in [5.74, 6) is 0. The number of aryl methyl sites for hydroxylation is 1. The highest BCUT2D eigenvalue weighted by molar-refractivity contribution is 5.23. The highest BCUT2D eigenvalue weighted by Crippen LogP contribution is 2.14. The second-order valence-electron chi connectivity index (χ2n) is 5.65. The van der Waals surface area contributed by atoms with E-state index in [0.717, 1.165) is 39.1 Å². The van der Waals surface area contributed by atoms with Crippen LogP contribution in [-0.4, -0.2) is 48.5 Å². The summed E-state index contributed by atoms with van der Waals surface area (Å²) in [6.07, 6.45) is 2.42. The number of aliphatic hydroxyl groups is 1. The Bertz CT molecular complexity index is 388. The van der Waals surface area contributed by atoms with Crippen LogP contribution in [0.25, 0.3) is 0 Å². The molecule has 0 saturated carbocycles. The zero-order valence-corrected chi connectivity index (χ0v) is 12.7. The van der Waals surface area contributed by atoms with Gasteiger partial charge in [-0.25, -0.2) is 0 Å². The Hall–Kier alpha value is -0.900. The molecule has 112 valence electrons. The molecule has 3 nitrogen and oxygen atoms in total. The Morgan fingerprint density at radius 1 is 1.25 bits per heavy atom. The lowest BCUT2D eigenvalue weighted by Crippen LogP contribution is -2.48. The lowest BCUT2D eigenvalue weighted by Gasteiger charge is -2.35. The van der Waals surface area contributed by atoms with Crippen LogP contribution < -0.4 is 0 Å². The summed E-state index contributed by atoms with van der Waals surface area (Å²) in [6.45, 7) is 8.01. The summed E-state index contributed by atoms with van der Waals surface area (Å²) in [5, 5.41) is 10.4. The van der Waals surface area contributed by atoms with Crippen LogP contribution in [0.3, 0.4) is 0 Å². The molecule has 0 aromatic heterocycles. The van der Waals surface area contributed by atoms with Crippen LogP contribution >= 0.6 is 0 Å². The number of ether oxygens (including phenoxy) is 1. The highest BCUT2D eigenvalue weighted by Gasteiger charge is 2.26. The van der Waals surface area contributed by atoms with Crippen LogP contribution in [0.2, 0.25) is 0 Å². The molecule has 0 radical (unpaired) electrons. The van der Waals surface area contributed by atoms with Crippen LogP contribution in [0.5, 0.6) is 0 Å². The fourth-order valence-corrected chi connectivity index (χ4v) is 2.77. The topological polar surface area (TPSA) is 32.7 Å². The molecule has 3 heteroatoms. The maximum absolute atomic E-state index is 10.4. The monoisotopic (exact) mass is 277 g/mol. The minimum absolute atomic E-state index is 0.0545. The van der Waals surface area contributed by atoms with Gasteiger partial charge in [-0.15, -0.1) is 0 Å². The van der Waals surface area contributed by atoms with Gasteiger partial charge in [-0.3, -0.25) is 4.90 Å². The summed E-state index contributed by atoms with van der Waals surface area (Å²) in [6, 6.07) is 8.53. The zero-order valence-electron chi connectivity index (χ0n) is 12.7. The van der Waals surface area contributed by atoms with Crippen molar-refractivity contribution < 1.29 is 9.84 Å². The first-order valence-corrected chi connectivity index (χ1v) is 7.82. The first-order valence-electron chi connectivity index (χ1n) is 7.82. The van der Waals surface area contributed by atoms with E-state index in [9.17, 15) is 5.11 Å². The van der Waals surface area contributed by atoms with Crippen molar-refractivity contribution in [1.29, 1.82) is 0 Å². The SMILES string of the molecule is CCCN1CCOC(C(O)Cc2ccc(CC)cc2)C1. The van der Waals surface area contributed by atoms with Gasteiger partial charge in [0.2, 0.25) is 0 Å². The van der Waals surface area contributed by atoms with Crippen LogP contribution in [-0.2, 0) is 17.6 Å². The molecular weight excluding hydrogens is 250 g/mol. The van der Waals surface area contributed by atoms with E-state index in [4.69, 9.17) is 4.74 Å². The van der Waals surface area contributed by atoms with Crippen LogP contribution in [0.4, 0.5) is 0 Å². The van der Waals surface area contributed by atoms with E-state index < -0.39 is 6.10 Å². The molecule has 1 aromatic rings. The van der Waals surface area contributed by atoms with E-state index in [1.807, 2.05) is 0 Å². The Balaban J connectivity index is 1.88. The first-order chi connectivity index (χ1) is 9.72. The van der Waals surface area contributed by atoms with Gasteiger partial charge in [0.05, 0.1) is 18.8 Å². The fourth-order valence-electron chi connectivity index (χ4n) is 2.77. The first kappa shape index (κ1) is 15.5. The van der Waals surface area contributed by atoms with Gasteiger partial charge in [-0.05, 0) is 30.5 Å². The maximum Gasteiger partial charge on any atom is 0.0964 e. The van der Waals surface area contributed by atoms with E-state index >= 15 is 0 Å². The lowest BCUT2D eigenvalue weighted by molar-refractivity contribution is -0.0877. The number of morpholine rings is 1. The molecule has 0 spiro atoms. The summed E-state index contributed by atoms with van der Waals surface area (Å²) in [7, 11) is 0. The summed E-state index contributed by atoms with van der Waals surface area (Å²) < 4.78 is 5.74. The van der Waals surface area contributed by atoms with Crippen molar-refractivity contribution in [3.63, 3.8) is 0 Å². The summed E-state index contributed by atoms with van der Waals surface area (Å²) >= 11 is 0. The van der Waals surface area contributed by atoms with Crippen molar-refractivity contribution in [2.45, 2.75) is 45.3 Å². The molecule has 1 aliphatic heterocycles. The number of hydrogen-bond donors (Lipinski definition) is 1. The zero-order chi connectivity index (χ0) is 14.4. The van der Waals surface area contributed by atoms with E-state index in [-0.39, 0.29) is 6.10 Å². The maximum atomic E-state index is 10.4. The Morgan fingerprint density at radius 2 is 1.95 bits per heavy atom. The normalized spacial score (nSPS) is 21.9. The third-order valence-corrected chi connectivity index (χ3v) is 4.02. The molecule has 0 amide bonds. The minimum Gasteiger partial charge on any atom is -0.390 e. The minimum atomic E-state index is -0.415. The third-order valence-electron chi connectivity index (χ3n) is 4.02. The predicted molar refractivity (Wildman–Crippen MR) is 82.0 cm³/mol.